The van der Waals surface area contributed by atoms with Crippen molar-refractivity contribution in [2.45, 2.75) is 64.4 Å². The molecule has 2 rings (SSSR count). The van der Waals surface area contributed by atoms with Crippen molar-refractivity contribution in [2.24, 2.45) is 0 Å². The summed E-state index contributed by atoms with van der Waals surface area (Å²) in [7, 11) is 0. The van der Waals surface area contributed by atoms with Crippen molar-refractivity contribution < 1.29 is 9.53 Å². The van der Waals surface area contributed by atoms with Crippen LogP contribution in [0.2, 0.25) is 0 Å². The molecule has 0 spiro atoms. The van der Waals surface area contributed by atoms with Gasteiger partial charge in [0.15, 0.2) is 0 Å². The van der Waals surface area contributed by atoms with Crippen LogP contribution in [0.5, 0.6) is 0 Å². The quantitative estimate of drug-likeness (QED) is 0.501. The number of morpholine rings is 1. The molecule has 0 aliphatic carbocycles. The van der Waals surface area contributed by atoms with E-state index in [4.69, 9.17) is 4.74 Å². The van der Waals surface area contributed by atoms with E-state index in [9.17, 15) is 4.79 Å². The van der Waals surface area contributed by atoms with Gasteiger partial charge in [-0.15, -0.1) is 0 Å². The molecule has 0 radical (unpaired) electrons. The van der Waals surface area contributed by atoms with E-state index < -0.39 is 0 Å². The minimum Gasteiger partial charge on any atom is -0.385 e. The van der Waals surface area contributed by atoms with Gasteiger partial charge in [0.1, 0.15) is 0 Å². The van der Waals surface area contributed by atoms with Gasteiger partial charge in [-0.3, -0.25) is 9.52 Å². The van der Waals surface area contributed by atoms with E-state index in [1.165, 1.54) is 17.6 Å². The van der Waals surface area contributed by atoms with E-state index in [-0.39, 0.29) is 18.1 Å². The summed E-state index contributed by atoms with van der Waals surface area (Å²) in [6.07, 6.45) is 3.02. The molecular formula is C20H33N3O2S. The van der Waals surface area contributed by atoms with Crippen LogP contribution in [0.3, 0.4) is 0 Å². The highest BCUT2D eigenvalue weighted by Crippen LogP contribution is 2.22. The van der Waals surface area contributed by atoms with Gasteiger partial charge in [0.25, 0.3) is 0 Å². The molecule has 6 heteroatoms. The molecule has 2 N–H and O–H groups in total. The summed E-state index contributed by atoms with van der Waals surface area (Å²) in [6.45, 7) is 11.2. The molecule has 0 bridgehead atoms. The van der Waals surface area contributed by atoms with Crippen molar-refractivity contribution in [2.75, 3.05) is 29.9 Å². The predicted octanol–water partition coefficient (Wildman–Crippen LogP) is 4.06. The number of benzene rings is 1. The molecule has 0 saturated carbocycles. The lowest BCUT2D eigenvalue weighted by molar-refractivity contribution is -0.119. The maximum Gasteiger partial charge on any atom is 0.229 e. The van der Waals surface area contributed by atoms with Crippen LogP contribution in [0.25, 0.3) is 0 Å². The smallest absolute Gasteiger partial charge is 0.229 e. The molecule has 1 aromatic carbocycles. The number of unbranched alkanes of at least 4 members (excludes halogenated alkanes) is 1. The zero-order chi connectivity index (χ0) is 18.9. The van der Waals surface area contributed by atoms with Crippen molar-refractivity contribution in [1.82, 2.24) is 4.72 Å². The zero-order valence-electron chi connectivity index (χ0n) is 16.5. The Morgan fingerprint density at radius 2 is 1.85 bits per heavy atom. The van der Waals surface area contributed by atoms with E-state index in [1.54, 1.807) is 0 Å². The monoisotopic (exact) mass is 379 g/mol. The van der Waals surface area contributed by atoms with Crippen LogP contribution in [0.1, 0.15) is 47.0 Å². The minimum absolute atomic E-state index is 0.127. The average molecular weight is 380 g/mol. The van der Waals surface area contributed by atoms with Crippen LogP contribution in [-0.2, 0) is 9.53 Å². The Labute approximate surface area is 162 Å². The third-order valence-electron chi connectivity index (χ3n) is 4.22. The number of amides is 1. The van der Waals surface area contributed by atoms with Crippen molar-refractivity contribution in [3.8, 4) is 0 Å². The lowest BCUT2D eigenvalue weighted by Gasteiger charge is -2.36. The largest absolute Gasteiger partial charge is 0.385 e. The number of hydrogen-bond donors (Lipinski definition) is 2. The lowest BCUT2D eigenvalue weighted by atomic mass is 10.2. The molecular weight excluding hydrogens is 346 g/mol. The number of ether oxygens (including phenoxy) is 1. The third-order valence-corrected chi connectivity index (χ3v) is 5.04. The van der Waals surface area contributed by atoms with E-state index in [0.29, 0.717) is 11.7 Å². The van der Waals surface area contributed by atoms with Crippen LogP contribution < -0.4 is 14.9 Å². The number of rotatable bonds is 9. The maximum absolute atomic E-state index is 11.6. The molecule has 1 heterocycles. The number of carbonyl (C=O) groups is 1. The highest BCUT2D eigenvalue weighted by atomic mass is 32.2. The summed E-state index contributed by atoms with van der Waals surface area (Å²) < 4.78 is 8.68. The molecule has 146 valence electrons. The maximum atomic E-state index is 11.6. The van der Waals surface area contributed by atoms with E-state index >= 15 is 0 Å². The summed E-state index contributed by atoms with van der Waals surface area (Å²) in [4.78, 5) is 14.0. The van der Waals surface area contributed by atoms with Crippen LogP contribution >= 0.6 is 11.9 Å². The molecule has 26 heavy (non-hydrogen) atoms. The van der Waals surface area contributed by atoms with Gasteiger partial charge in [-0.1, -0.05) is 13.8 Å². The first-order valence-corrected chi connectivity index (χ1v) is 10.5. The summed E-state index contributed by atoms with van der Waals surface area (Å²) in [6, 6.07) is 8.60. The normalized spacial score (nSPS) is 20.3. The fourth-order valence-corrected chi connectivity index (χ4v) is 3.53. The highest BCUT2D eigenvalue weighted by molar-refractivity contribution is 7.98. The van der Waals surface area contributed by atoms with Gasteiger partial charge in [-0.2, -0.15) is 0 Å². The Bertz CT molecular complexity index is 540. The highest BCUT2D eigenvalue weighted by Gasteiger charge is 2.22. The molecule has 0 aromatic heterocycles. The average Bonchev–Trinajstić information content (AvgIpc) is 2.59. The van der Waals surface area contributed by atoms with Gasteiger partial charge in [0, 0.05) is 42.7 Å². The van der Waals surface area contributed by atoms with Gasteiger partial charge in [0.05, 0.1) is 12.2 Å². The second kappa shape index (κ2) is 10.7. The van der Waals surface area contributed by atoms with Crippen molar-refractivity contribution in [1.29, 1.82) is 0 Å². The number of anilines is 2. The molecule has 1 aromatic rings. The Balaban J connectivity index is 1.65. The SMILES string of the molecule is CC1CN(c2ccc(NCCCCC(=O)NSC(C)C)cc2)CC(C)O1. The van der Waals surface area contributed by atoms with E-state index in [0.717, 1.165) is 38.2 Å². The van der Waals surface area contributed by atoms with E-state index in [2.05, 4.69) is 66.9 Å². The first kappa shape index (κ1) is 20.9. The topological polar surface area (TPSA) is 53.6 Å². The van der Waals surface area contributed by atoms with Gasteiger partial charge in [-0.25, -0.2) is 0 Å². The summed E-state index contributed by atoms with van der Waals surface area (Å²) >= 11 is 1.49. The van der Waals surface area contributed by atoms with Gasteiger partial charge < -0.3 is 15.0 Å². The lowest BCUT2D eigenvalue weighted by Crippen LogP contribution is -2.45. The Morgan fingerprint density at radius 3 is 2.46 bits per heavy atom. The molecule has 1 fully saturated rings. The van der Waals surface area contributed by atoms with Crippen LogP contribution in [0.15, 0.2) is 24.3 Å². The third kappa shape index (κ3) is 7.46. The minimum atomic E-state index is 0.127. The summed E-state index contributed by atoms with van der Waals surface area (Å²) in [5, 5.41) is 3.86. The Kier molecular flexibility index (Phi) is 8.59. The van der Waals surface area contributed by atoms with Gasteiger partial charge >= 0.3 is 0 Å². The second-order valence-corrected chi connectivity index (χ2v) is 8.67. The summed E-state index contributed by atoms with van der Waals surface area (Å²) in [5.74, 6) is 0.127. The Hall–Kier alpha value is -1.40. The molecule has 1 aliphatic rings. The first-order valence-electron chi connectivity index (χ1n) is 9.63. The molecule has 1 saturated heterocycles. The number of hydrogen-bond acceptors (Lipinski definition) is 5. The van der Waals surface area contributed by atoms with Gasteiger partial charge in [0.2, 0.25) is 5.91 Å². The molecule has 1 aliphatic heterocycles. The zero-order valence-corrected chi connectivity index (χ0v) is 17.3. The predicted molar refractivity (Wildman–Crippen MR) is 112 cm³/mol. The standard InChI is InChI=1S/C20H33N3O2S/c1-15(2)26-22-20(24)7-5-6-12-21-18-8-10-19(11-9-18)23-13-16(3)25-17(4)14-23/h8-11,15-17,21H,5-7,12-14H2,1-4H3,(H,22,24). The molecule has 5 nitrogen and oxygen atoms in total. The van der Waals surface area contributed by atoms with Crippen LogP contribution in [0, 0.1) is 0 Å². The van der Waals surface area contributed by atoms with Crippen LogP contribution in [-0.4, -0.2) is 43.0 Å². The number of carbonyl (C=O) groups excluding carboxylic acids is 1. The first-order chi connectivity index (χ1) is 12.4. The fraction of sp³-hybridized carbons (Fsp3) is 0.650. The van der Waals surface area contributed by atoms with Crippen molar-refractivity contribution in [3.05, 3.63) is 24.3 Å². The van der Waals surface area contributed by atoms with E-state index in [1.807, 2.05) is 0 Å². The number of nitrogens with zero attached hydrogens (tertiary/aromatic N) is 1. The van der Waals surface area contributed by atoms with Crippen molar-refractivity contribution in [3.63, 3.8) is 0 Å². The molecule has 2 atom stereocenters. The second-order valence-electron chi connectivity index (χ2n) is 7.28. The molecule has 2 unspecified atom stereocenters. The number of nitrogens with one attached hydrogen (secondary N) is 2. The van der Waals surface area contributed by atoms with Crippen molar-refractivity contribution >= 4 is 29.2 Å². The van der Waals surface area contributed by atoms with Crippen LogP contribution in [0.4, 0.5) is 11.4 Å². The summed E-state index contributed by atoms with van der Waals surface area (Å²) in [5.41, 5.74) is 2.37. The molecule has 1 amide bonds. The Morgan fingerprint density at radius 1 is 1.19 bits per heavy atom. The fourth-order valence-electron chi connectivity index (χ4n) is 3.06. The van der Waals surface area contributed by atoms with Gasteiger partial charge in [-0.05, 0) is 62.9 Å².